The van der Waals surface area contributed by atoms with E-state index in [2.05, 4.69) is 16.0 Å². The molecule has 3 rings (SSSR count). The molecule has 46 heavy (non-hydrogen) atoms. The van der Waals surface area contributed by atoms with Crippen LogP contribution < -0.4 is 16.0 Å². The second kappa shape index (κ2) is 16.9. The first-order valence-electron chi connectivity index (χ1n) is 15.8. The number of benzene rings is 1. The Bertz CT molecular complexity index is 1260. The van der Waals surface area contributed by atoms with Crippen LogP contribution in [-0.2, 0) is 39.3 Å². The van der Waals surface area contributed by atoms with Crippen LogP contribution in [0.5, 0.6) is 0 Å². The van der Waals surface area contributed by atoms with E-state index < -0.39 is 49.0 Å². The molecule has 0 saturated carbocycles. The van der Waals surface area contributed by atoms with E-state index in [1.165, 1.54) is 6.92 Å². The number of aliphatic hydroxyl groups excluding tert-OH is 1. The van der Waals surface area contributed by atoms with Gasteiger partial charge in [0.15, 0.2) is 5.85 Å². The first kappa shape index (κ1) is 37.8. The molecule has 4 N–H and O–H groups in total. The molecular weight excluding hydrogens is 639 g/mol. The van der Waals surface area contributed by atoms with Gasteiger partial charge in [0.05, 0.1) is 19.3 Å². The van der Waals surface area contributed by atoms with Crippen LogP contribution in [0.15, 0.2) is 24.3 Å². The number of amides is 4. The highest BCUT2D eigenvalue weighted by molar-refractivity contribution is 7.54. The molecule has 13 nitrogen and oxygen atoms in total. The molecule has 2 saturated heterocycles. The van der Waals surface area contributed by atoms with Crippen LogP contribution >= 0.6 is 19.2 Å². The van der Waals surface area contributed by atoms with E-state index in [1.54, 1.807) is 43.0 Å². The zero-order valence-corrected chi connectivity index (χ0v) is 28.9. The number of rotatable bonds is 15. The third-order valence-electron chi connectivity index (χ3n) is 8.30. The maximum Gasteiger partial charge on any atom is 0.408 e. The van der Waals surface area contributed by atoms with Gasteiger partial charge < -0.3 is 39.7 Å². The summed E-state index contributed by atoms with van der Waals surface area (Å²) in [5.74, 6) is -3.39. The number of hydrogen-bond donors (Lipinski definition) is 4. The number of nitrogens with one attached hydrogen (secondary N) is 3. The number of nitrogens with zero attached hydrogens (tertiary/aromatic N) is 1. The standard InChI is InChI=1S/C31H48ClN4O9P/c1-6-44-46(42,45-7-2)29(40)26(17-23-18-31(35-27(23)38)11-13-36(14-12-31)21(5)37)33-28(39)25(15-20(3)4)34-30(41)43-19-22-9-8-10-24(32)16-22/h8-10,16,20,23,25-26,29,40H,6-7,11-15,17-19H2,1-5H3,(H,33,39)(H,34,41)(H,35,38)/t23?,25-,26?,29?/m1/s1. The average Bonchev–Trinajstić information content (AvgIpc) is 3.28. The Hall–Kier alpha value is -2.70. The van der Waals surface area contributed by atoms with Crippen LogP contribution in [-0.4, -0.2) is 83.6 Å². The number of alkyl carbamates (subject to hydrolysis) is 1. The Balaban J connectivity index is 1.79. The number of ether oxygens (including phenoxy) is 1. The summed E-state index contributed by atoms with van der Waals surface area (Å²) in [4.78, 5) is 53.3. The molecule has 2 heterocycles. The Labute approximate surface area is 275 Å². The number of piperidine rings is 1. The highest BCUT2D eigenvalue weighted by atomic mass is 35.5. The van der Waals surface area contributed by atoms with Crippen molar-refractivity contribution in [2.24, 2.45) is 11.8 Å². The van der Waals surface area contributed by atoms with Crippen molar-refractivity contribution in [2.45, 2.75) is 96.8 Å². The molecule has 2 aliphatic heterocycles. The second-order valence-corrected chi connectivity index (χ2v) is 14.9. The largest absolute Gasteiger partial charge is 0.445 e. The van der Waals surface area contributed by atoms with Crippen molar-refractivity contribution in [2.75, 3.05) is 26.3 Å². The van der Waals surface area contributed by atoms with Crippen molar-refractivity contribution in [3.8, 4) is 0 Å². The van der Waals surface area contributed by atoms with Gasteiger partial charge in [-0.15, -0.1) is 0 Å². The summed E-state index contributed by atoms with van der Waals surface area (Å²) in [7, 11) is -4.15. The molecule has 1 aromatic rings. The van der Waals surface area contributed by atoms with Crippen LogP contribution in [0, 0.1) is 11.8 Å². The van der Waals surface area contributed by atoms with Gasteiger partial charge in [-0.2, -0.15) is 0 Å². The number of carbonyl (C=O) groups excluding carboxylic acids is 4. The van der Waals surface area contributed by atoms with Gasteiger partial charge in [0.25, 0.3) is 0 Å². The minimum absolute atomic E-state index is 0.0216. The van der Waals surface area contributed by atoms with Crippen molar-refractivity contribution in [3.05, 3.63) is 34.9 Å². The van der Waals surface area contributed by atoms with Crippen LogP contribution in [0.2, 0.25) is 5.02 Å². The van der Waals surface area contributed by atoms with Crippen LogP contribution in [0.25, 0.3) is 0 Å². The quantitative estimate of drug-likeness (QED) is 0.199. The van der Waals surface area contributed by atoms with E-state index in [0.717, 1.165) is 0 Å². The summed E-state index contributed by atoms with van der Waals surface area (Å²) >= 11 is 6.01. The fourth-order valence-corrected chi connectivity index (χ4v) is 7.98. The van der Waals surface area contributed by atoms with E-state index in [4.69, 9.17) is 25.4 Å². The first-order chi connectivity index (χ1) is 21.7. The van der Waals surface area contributed by atoms with Crippen molar-refractivity contribution in [1.82, 2.24) is 20.9 Å². The van der Waals surface area contributed by atoms with Gasteiger partial charge in [-0.3, -0.25) is 18.9 Å². The number of halogens is 1. The number of hydrogen-bond acceptors (Lipinski definition) is 9. The smallest absolute Gasteiger partial charge is 0.408 e. The zero-order valence-electron chi connectivity index (χ0n) is 27.3. The lowest BCUT2D eigenvalue weighted by molar-refractivity contribution is -0.130. The van der Waals surface area contributed by atoms with Crippen molar-refractivity contribution >= 4 is 43.0 Å². The maximum atomic E-state index is 13.7. The number of carbonyl (C=O) groups is 4. The maximum absolute atomic E-state index is 13.7. The second-order valence-electron chi connectivity index (χ2n) is 12.3. The fourth-order valence-electron chi connectivity index (χ4n) is 6.03. The zero-order chi connectivity index (χ0) is 34.1. The number of aliphatic hydroxyl groups is 1. The predicted molar refractivity (Wildman–Crippen MR) is 172 cm³/mol. The third-order valence-corrected chi connectivity index (χ3v) is 10.8. The molecular formula is C31H48ClN4O9P. The van der Waals surface area contributed by atoms with E-state index in [-0.39, 0.29) is 50.4 Å². The SMILES string of the molecule is CCOP(=O)(OCC)C(O)C(CC1CC2(CCN(C(C)=O)CC2)NC1=O)NC(=O)[C@@H](CC(C)C)NC(=O)OCc1cccc(Cl)c1. The van der Waals surface area contributed by atoms with Crippen molar-refractivity contribution in [3.63, 3.8) is 0 Å². The molecule has 4 atom stereocenters. The molecule has 0 aromatic heterocycles. The minimum atomic E-state index is -4.15. The molecule has 1 aromatic carbocycles. The Kier molecular flexibility index (Phi) is 13.9. The molecule has 0 aliphatic carbocycles. The van der Waals surface area contributed by atoms with E-state index in [0.29, 0.717) is 42.9 Å². The summed E-state index contributed by atoms with van der Waals surface area (Å²) in [6, 6.07) is 4.53. The monoisotopic (exact) mass is 686 g/mol. The van der Waals surface area contributed by atoms with E-state index >= 15 is 0 Å². The highest BCUT2D eigenvalue weighted by Gasteiger charge is 2.49. The van der Waals surface area contributed by atoms with Gasteiger partial charge in [-0.25, -0.2) is 4.79 Å². The number of likely N-dealkylation sites (tertiary alicyclic amines) is 1. The summed E-state index contributed by atoms with van der Waals surface area (Å²) in [5.41, 5.74) is 0.142. The van der Waals surface area contributed by atoms with E-state index in [9.17, 15) is 28.8 Å². The van der Waals surface area contributed by atoms with E-state index in [1.807, 2.05) is 13.8 Å². The Morgan fingerprint density at radius 3 is 2.37 bits per heavy atom. The molecule has 15 heteroatoms. The predicted octanol–water partition coefficient (Wildman–Crippen LogP) is 3.96. The highest BCUT2D eigenvalue weighted by Crippen LogP contribution is 2.54. The van der Waals surface area contributed by atoms with Gasteiger partial charge in [0.1, 0.15) is 12.6 Å². The van der Waals surface area contributed by atoms with Gasteiger partial charge >= 0.3 is 13.7 Å². The lowest BCUT2D eigenvalue weighted by atomic mass is 9.82. The molecule has 2 aliphatic rings. The molecule has 0 bridgehead atoms. The van der Waals surface area contributed by atoms with Gasteiger partial charge in [0, 0.05) is 36.5 Å². The fraction of sp³-hybridized carbons (Fsp3) is 0.677. The van der Waals surface area contributed by atoms with Crippen LogP contribution in [0.4, 0.5) is 4.79 Å². The molecule has 1 spiro atoms. The Morgan fingerprint density at radius 1 is 1.15 bits per heavy atom. The van der Waals surface area contributed by atoms with Gasteiger partial charge in [0.2, 0.25) is 17.7 Å². The summed E-state index contributed by atoms with van der Waals surface area (Å²) in [6.45, 7) is 9.37. The molecule has 0 radical (unpaired) electrons. The van der Waals surface area contributed by atoms with Gasteiger partial charge in [-0.1, -0.05) is 37.6 Å². The summed E-state index contributed by atoms with van der Waals surface area (Å²) in [5, 5.41) is 20.4. The first-order valence-corrected chi connectivity index (χ1v) is 17.8. The molecule has 2 fully saturated rings. The van der Waals surface area contributed by atoms with Crippen molar-refractivity contribution < 1.29 is 42.6 Å². The molecule has 4 amide bonds. The van der Waals surface area contributed by atoms with Gasteiger partial charge in [-0.05, 0) is 69.6 Å². The Morgan fingerprint density at radius 2 is 1.80 bits per heavy atom. The molecule has 3 unspecified atom stereocenters. The average molecular weight is 687 g/mol. The van der Waals surface area contributed by atoms with Crippen molar-refractivity contribution in [1.29, 1.82) is 0 Å². The third kappa shape index (κ3) is 10.4. The summed E-state index contributed by atoms with van der Waals surface area (Å²) in [6.07, 6.45) is 0.892. The lowest BCUT2D eigenvalue weighted by Gasteiger charge is -2.39. The van der Waals surface area contributed by atoms with Crippen LogP contribution in [0.1, 0.15) is 72.3 Å². The minimum Gasteiger partial charge on any atom is -0.445 e. The normalized spacial score (nSPS) is 19.8. The molecule has 258 valence electrons. The summed E-state index contributed by atoms with van der Waals surface area (Å²) < 4.78 is 29.8. The lowest BCUT2D eigenvalue weighted by Crippen LogP contribution is -2.53. The topological polar surface area (TPSA) is 173 Å². The van der Waals surface area contributed by atoms with Crippen LogP contribution in [0.3, 0.4) is 0 Å².